The number of ether oxygens (including phenoxy) is 1. The molecule has 1 rings (SSSR count). The summed E-state index contributed by atoms with van der Waals surface area (Å²) in [6, 6.07) is 3.30. The van der Waals surface area contributed by atoms with E-state index in [9.17, 15) is 9.90 Å². The van der Waals surface area contributed by atoms with Crippen molar-refractivity contribution in [3.05, 3.63) is 23.9 Å². The molecule has 0 saturated heterocycles. The molecule has 0 saturated carbocycles. The number of methoxy groups -OCH3 is 1. The molecule has 1 amide bonds. The van der Waals surface area contributed by atoms with Gasteiger partial charge in [0.2, 0.25) is 5.88 Å². The largest absolute Gasteiger partial charge is 0.480 e. The number of nitrogens with one attached hydrogen (secondary N) is 1. The van der Waals surface area contributed by atoms with Crippen molar-refractivity contribution in [2.75, 3.05) is 13.7 Å². The van der Waals surface area contributed by atoms with Crippen molar-refractivity contribution in [3.63, 3.8) is 0 Å². The monoisotopic (exact) mass is 252 g/mol. The van der Waals surface area contributed by atoms with Gasteiger partial charge in [-0.1, -0.05) is 13.3 Å². The third kappa shape index (κ3) is 4.00. The molecule has 0 radical (unpaired) electrons. The lowest BCUT2D eigenvalue weighted by molar-refractivity contribution is 0.0468. The van der Waals surface area contributed by atoms with E-state index in [1.165, 1.54) is 7.11 Å². The molecule has 0 aliphatic heterocycles. The molecule has 100 valence electrons. The van der Waals surface area contributed by atoms with Gasteiger partial charge in [0.15, 0.2) is 0 Å². The van der Waals surface area contributed by atoms with Crippen molar-refractivity contribution in [3.8, 4) is 5.88 Å². The average Bonchev–Trinajstić information content (AvgIpc) is 2.36. The average molecular weight is 252 g/mol. The first kappa shape index (κ1) is 14.4. The van der Waals surface area contributed by atoms with E-state index in [0.717, 1.165) is 6.42 Å². The number of carbonyl (C=O) groups excluding carboxylic acids is 1. The Bertz CT molecular complexity index is 405. The normalized spacial score (nSPS) is 13.8. The molecule has 2 N–H and O–H groups in total. The smallest absolute Gasteiger partial charge is 0.256 e. The zero-order chi connectivity index (χ0) is 13.6. The number of pyridine rings is 1. The summed E-state index contributed by atoms with van der Waals surface area (Å²) in [7, 11) is 1.46. The maximum absolute atomic E-state index is 11.9. The number of hydrogen-bond donors (Lipinski definition) is 2. The predicted octanol–water partition coefficient (Wildman–Crippen LogP) is 1.37. The second kappa shape index (κ2) is 6.35. The minimum absolute atomic E-state index is 0.206. The fourth-order valence-electron chi connectivity index (χ4n) is 1.72. The van der Waals surface area contributed by atoms with Crippen LogP contribution in [-0.4, -0.2) is 35.3 Å². The number of rotatable bonds is 6. The highest BCUT2D eigenvalue weighted by Gasteiger charge is 2.21. The van der Waals surface area contributed by atoms with Crippen LogP contribution < -0.4 is 10.1 Å². The standard InChI is InChI=1S/C13H20N2O3/c1-4-7-13(2,17)9-15-11(16)10-6-5-8-14-12(10)18-3/h5-6,8,17H,4,7,9H2,1-3H3,(H,15,16). The van der Waals surface area contributed by atoms with Crippen LogP contribution in [0.3, 0.4) is 0 Å². The van der Waals surface area contributed by atoms with Gasteiger partial charge in [-0.25, -0.2) is 4.98 Å². The van der Waals surface area contributed by atoms with Crippen LogP contribution in [0.1, 0.15) is 37.0 Å². The SMILES string of the molecule is CCCC(C)(O)CNC(=O)c1cccnc1OC. The number of carbonyl (C=O) groups is 1. The summed E-state index contributed by atoms with van der Waals surface area (Å²) >= 11 is 0. The van der Waals surface area contributed by atoms with Crippen LogP contribution in [0.5, 0.6) is 5.88 Å². The van der Waals surface area contributed by atoms with Crippen LogP contribution in [0.2, 0.25) is 0 Å². The van der Waals surface area contributed by atoms with Crippen molar-refractivity contribution in [2.24, 2.45) is 0 Å². The van der Waals surface area contributed by atoms with Gasteiger partial charge in [-0.3, -0.25) is 4.79 Å². The zero-order valence-electron chi connectivity index (χ0n) is 11.1. The molecule has 1 aromatic heterocycles. The Morgan fingerprint density at radius 2 is 2.33 bits per heavy atom. The predicted molar refractivity (Wildman–Crippen MR) is 68.7 cm³/mol. The van der Waals surface area contributed by atoms with E-state index in [-0.39, 0.29) is 18.3 Å². The van der Waals surface area contributed by atoms with Crippen LogP contribution in [0.4, 0.5) is 0 Å². The summed E-state index contributed by atoms with van der Waals surface area (Å²) in [6.07, 6.45) is 3.05. The van der Waals surface area contributed by atoms with E-state index < -0.39 is 5.60 Å². The van der Waals surface area contributed by atoms with E-state index in [1.807, 2.05) is 6.92 Å². The van der Waals surface area contributed by atoms with Gasteiger partial charge in [-0.2, -0.15) is 0 Å². The van der Waals surface area contributed by atoms with E-state index in [0.29, 0.717) is 12.0 Å². The first-order valence-corrected chi connectivity index (χ1v) is 6.00. The highest BCUT2D eigenvalue weighted by molar-refractivity contribution is 5.96. The molecule has 1 unspecified atom stereocenters. The number of aromatic nitrogens is 1. The molecule has 5 heteroatoms. The molecular weight excluding hydrogens is 232 g/mol. The van der Waals surface area contributed by atoms with Crippen LogP contribution in [0, 0.1) is 0 Å². The summed E-state index contributed by atoms with van der Waals surface area (Å²) in [5.74, 6) is -0.0125. The lowest BCUT2D eigenvalue weighted by Gasteiger charge is -2.23. The van der Waals surface area contributed by atoms with Crippen molar-refractivity contribution >= 4 is 5.91 Å². The molecule has 0 spiro atoms. The second-order valence-electron chi connectivity index (χ2n) is 4.49. The number of aliphatic hydroxyl groups is 1. The van der Waals surface area contributed by atoms with Gasteiger partial charge in [0, 0.05) is 12.7 Å². The second-order valence-corrected chi connectivity index (χ2v) is 4.49. The molecule has 18 heavy (non-hydrogen) atoms. The molecular formula is C13H20N2O3. The Balaban J connectivity index is 2.66. The molecule has 5 nitrogen and oxygen atoms in total. The fourth-order valence-corrected chi connectivity index (χ4v) is 1.72. The Hall–Kier alpha value is -1.62. The molecule has 0 bridgehead atoms. The topological polar surface area (TPSA) is 71.5 Å². The van der Waals surface area contributed by atoms with Crippen LogP contribution in [0.25, 0.3) is 0 Å². The molecule has 0 aliphatic rings. The van der Waals surface area contributed by atoms with E-state index in [2.05, 4.69) is 10.3 Å². The first-order valence-electron chi connectivity index (χ1n) is 6.00. The summed E-state index contributed by atoms with van der Waals surface area (Å²) in [5.41, 5.74) is -0.521. The number of nitrogens with zero attached hydrogens (tertiary/aromatic N) is 1. The quantitative estimate of drug-likeness (QED) is 0.802. The van der Waals surface area contributed by atoms with E-state index >= 15 is 0 Å². The Morgan fingerprint density at radius 3 is 2.94 bits per heavy atom. The van der Waals surface area contributed by atoms with Gasteiger partial charge < -0.3 is 15.2 Å². The van der Waals surface area contributed by atoms with Crippen molar-refractivity contribution < 1.29 is 14.6 Å². The minimum Gasteiger partial charge on any atom is -0.480 e. The van der Waals surface area contributed by atoms with Gasteiger partial charge in [0.1, 0.15) is 5.56 Å². The molecule has 0 aromatic carbocycles. The third-order valence-electron chi connectivity index (χ3n) is 2.63. The van der Waals surface area contributed by atoms with Gasteiger partial charge in [-0.05, 0) is 25.5 Å². The Labute approximate surface area is 107 Å². The molecule has 1 atom stereocenters. The van der Waals surface area contributed by atoms with Crippen LogP contribution >= 0.6 is 0 Å². The highest BCUT2D eigenvalue weighted by atomic mass is 16.5. The van der Waals surface area contributed by atoms with Gasteiger partial charge in [0.25, 0.3) is 5.91 Å². The first-order chi connectivity index (χ1) is 8.50. The number of amides is 1. The third-order valence-corrected chi connectivity index (χ3v) is 2.63. The molecule has 1 heterocycles. The van der Waals surface area contributed by atoms with Crippen molar-refractivity contribution in [1.82, 2.24) is 10.3 Å². The summed E-state index contributed by atoms with van der Waals surface area (Å²) in [4.78, 5) is 15.9. The summed E-state index contributed by atoms with van der Waals surface area (Å²) in [6.45, 7) is 3.90. The molecule has 1 aromatic rings. The van der Waals surface area contributed by atoms with Crippen LogP contribution in [-0.2, 0) is 0 Å². The molecule has 0 fully saturated rings. The van der Waals surface area contributed by atoms with E-state index in [4.69, 9.17) is 4.74 Å². The highest BCUT2D eigenvalue weighted by Crippen LogP contribution is 2.14. The number of hydrogen-bond acceptors (Lipinski definition) is 4. The Morgan fingerprint density at radius 1 is 1.61 bits per heavy atom. The lowest BCUT2D eigenvalue weighted by atomic mass is 10.0. The summed E-state index contributed by atoms with van der Waals surface area (Å²) in [5, 5.41) is 12.7. The van der Waals surface area contributed by atoms with Crippen molar-refractivity contribution in [1.29, 1.82) is 0 Å². The van der Waals surface area contributed by atoms with E-state index in [1.54, 1.807) is 25.3 Å². The van der Waals surface area contributed by atoms with Crippen molar-refractivity contribution in [2.45, 2.75) is 32.3 Å². The molecule has 0 aliphatic carbocycles. The van der Waals surface area contributed by atoms with Gasteiger partial charge in [-0.15, -0.1) is 0 Å². The van der Waals surface area contributed by atoms with Gasteiger partial charge >= 0.3 is 0 Å². The fraction of sp³-hybridized carbons (Fsp3) is 0.538. The maximum atomic E-state index is 11.9. The zero-order valence-corrected chi connectivity index (χ0v) is 11.1. The van der Waals surface area contributed by atoms with Gasteiger partial charge in [0.05, 0.1) is 12.7 Å². The summed E-state index contributed by atoms with van der Waals surface area (Å²) < 4.78 is 5.01. The van der Waals surface area contributed by atoms with Crippen LogP contribution in [0.15, 0.2) is 18.3 Å². The lowest BCUT2D eigenvalue weighted by Crippen LogP contribution is -2.40. The minimum atomic E-state index is -0.889. The Kier molecular flexibility index (Phi) is 5.09. The maximum Gasteiger partial charge on any atom is 0.256 e.